The normalized spacial score (nSPS) is 19.1. The first-order valence-electron chi connectivity index (χ1n) is 7.17. The summed E-state index contributed by atoms with van der Waals surface area (Å²) in [4.78, 5) is 13.6. The molecule has 128 valence electrons. The number of anilines is 1. The van der Waals surface area contributed by atoms with E-state index in [1.807, 2.05) is 0 Å². The third-order valence-electron chi connectivity index (χ3n) is 3.85. The minimum atomic E-state index is -4.84. The number of alkyl halides is 3. The molecule has 2 amide bonds. The molecule has 1 aromatic carbocycles. The Morgan fingerprint density at radius 3 is 2.57 bits per heavy atom. The Morgan fingerprint density at radius 2 is 2.00 bits per heavy atom. The largest absolute Gasteiger partial charge is 0.419 e. The number of nitrogens with zero attached hydrogens (tertiary/aromatic N) is 1. The van der Waals surface area contributed by atoms with Crippen LogP contribution >= 0.6 is 0 Å². The van der Waals surface area contributed by atoms with E-state index in [0.717, 1.165) is 6.07 Å². The van der Waals surface area contributed by atoms with Gasteiger partial charge in [0.2, 0.25) is 0 Å². The highest BCUT2D eigenvalue weighted by Crippen LogP contribution is 2.33. The highest BCUT2D eigenvalue weighted by Gasteiger charge is 2.39. The summed E-state index contributed by atoms with van der Waals surface area (Å²) >= 11 is 0. The lowest BCUT2D eigenvalue weighted by Crippen LogP contribution is -2.49. The number of benzene rings is 1. The first-order chi connectivity index (χ1) is 10.5. The topological polar surface area (TPSA) is 52.6 Å². The van der Waals surface area contributed by atoms with Crippen molar-refractivity contribution in [3.8, 4) is 0 Å². The number of aliphatic hydroxyl groups is 1. The van der Waals surface area contributed by atoms with Gasteiger partial charge < -0.3 is 15.3 Å². The number of likely N-dealkylation sites (tertiary alicyclic amines) is 1. The van der Waals surface area contributed by atoms with E-state index in [1.165, 1.54) is 4.90 Å². The molecule has 2 N–H and O–H groups in total. The summed E-state index contributed by atoms with van der Waals surface area (Å²) in [6, 6.07) is 1.25. The molecule has 4 nitrogen and oxygen atoms in total. The van der Waals surface area contributed by atoms with Crippen LogP contribution in [0, 0.1) is 5.82 Å². The SMILES string of the molecule is CC(C)(O)C1CCCN1C(=O)Nc1ccc(F)c(C(F)(F)F)c1. The molecule has 0 aliphatic carbocycles. The van der Waals surface area contributed by atoms with Gasteiger partial charge in [-0.1, -0.05) is 0 Å². The van der Waals surface area contributed by atoms with Gasteiger partial charge in [0.25, 0.3) is 0 Å². The van der Waals surface area contributed by atoms with Crippen molar-refractivity contribution in [2.45, 2.75) is 44.5 Å². The molecular weight excluding hydrogens is 316 g/mol. The van der Waals surface area contributed by atoms with E-state index in [4.69, 9.17) is 0 Å². The number of rotatable bonds is 2. The standard InChI is InChI=1S/C15H18F4N2O2/c1-14(2,23)12-4-3-7-21(12)13(22)20-9-5-6-11(16)10(8-9)15(17,18)19/h5-6,8,12,23H,3-4,7H2,1-2H3,(H,20,22). The first-order valence-corrected chi connectivity index (χ1v) is 7.17. The number of nitrogens with one attached hydrogen (secondary N) is 1. The zero-order valence-corrected chi connectivity index (χ0v) is 12.7. The maximum absolute atomic E-state index is 13.2. The summed E-state index contributed by atoms with van der Waals surface area (Å²) in [5, 5.41) is 12.4. The first kappa shape index (κ1) is 17.5. The highest BCUT2D eigenvalue weighted by atomic mass is 19.4. The molecule has 8 heteroatoms. The molecule has 1 aromatic rings. The molecule has 0 saturated carbocycles. The fourth-order valence-electron chi connectivity index (χ4n) is 2.76. The Labute approximate surface area is 131 Å². The van der Waals surface area contributed by atoms with E-state index in [-0.39, 0.29) is 5.69 Å². The van der Waals surface area contributed by atoms with Crippen LogP contribution in [0.3, 0.4) is 0 Å². The maximum Gasteiger partial charge on any atom is 0.419 e. The molecule has 0 spiro atoms. The number of carbonyl (C=O) groups excluding carboxylic acids is 1. The monoisotopic (exact) mass is 334 g/mol. The molecule has 2 rings (SSSR count). The van der Waals surface area contributed by atoms with Gasteiger partial charge in [-0.15, -0.1) is 0 Å². The lowest BCUT2D eigenvalue weighted by molar-refractivity contribution is -0.139. The van der Waals surface area contributed by atoms with E-state index >= 15 is 0 Å². The average Bonchev–Trinajstić information content (AvgIpc) is 2.89. The quantitative estimate of drug-likeness (QED) is 0.812. The highest BCUT2D eigenvalue weighted by molar-refractivity contribution is 5.90. The van der Waals surface area contributed by atoms with Gasteiger partial charge in [-0.05, 0) is 44.9 Å². The second kappa shape index (κ2) is 5.99. The lowest BCUT2D eigenvalue weighted by Gasteiger charge is -2.33. The van der Waals surface area contributed by atoms with E-state index in [2.05, 4.69) is 5.32 Å². The molecule has 0 radical (unpaired) electrons. The molecule has 1 unspecified atom stereocenters. The third-order valence-corrected chi connectivity index (χ3v) is 3.85. The molecule has 1 atom stereocenters. The third kappa shape index (κ3) is 3.93. The molecule has 1 heterocycles. The van der Waals surface area contributed by atoms with Crippen LogP contribution in [-0.4, -0.2) is 34.2 Å². The molecule has 0 bridgehead atoms. The van der Waals surface area contributed by atoms with Gasteiger partial charge in [-0.25, -0.2) is 9.18 Å². The van der Waals surface area contributed by atoms with Crippen molar-refractivity contribution in [2.75, 3.05) is 11.9 Å². The van der Waals surface area contributed by atoms with Crippen molar-refractivity contribution in [1.82, 2.24) is 4.90 Å². The van der Waals surface area contributed by atoms with Gasteiger partial charge in [0.05, 0.1) is 17.2 Å². The van der Waals surface area contributed by atoms with Gasteiger partial charge in [-0.3, -0.25) is 0 Å². The van der Waals surface area contributed by atoms with Crippen LogP contribution in [0.5, 0.6) is 0 Å². The van der Waals surface area contributed by atoms with Gasteiger partial charge in [-0.2, -0.15) is 13.2 Å². The van der Waals surface area contributed by atoms with Crippen LogP contribution in [0.4, 0.5) is 28.0 Å². The molecule has 1 aliphatic rings. The summed E-state index contributed by atoms with van der Waals surface area (Å²) < 4.78 is 51.3. The van der Waals surface area contributed by atoms with Gasteiger partial charge in [0, 0.05) is 12.2 Å². The minimum Gasteiger partial charge on any atom is -0.388 e. The molecule has 0 aromatic heterocycles. The van der Waals surface area contributed by atoms with E-state index in [1.54, 1.807) is 13.8 Å². The Balaban J connectivity index is 2.18. The van der Waals surface area contributed by atoms with Crippen LogP contribution in [-0.2, 0) is 6.18 Å². The summed E-state index contributed by atoms with van der Waals surface area (Å²) in [6.45, 7) is 3.54. The fourth-order valence-corrected chi connectivity index (χ4v) is 2.76. The van der Waals surface area contributed by atoms with Crippen LogP contribution in [0.25, 0.3) is 0 Å². The number of urea groups is 1. The lowest BCUT2D eigenvalue weighted by atomic mass is 9.97. The van der Waals surface area contributed by atoms with Crippen LogP contribution in [0.1, 0.15) is 32.3 Å². The van der Waals surface area contributed by atoms with Crippen molar-refractivity contribution >= 4 is 11.7 Å². The molecular formula is C15H18F4N2O2. The summed E-state index contributed by atoms with van der Waals surface area (Å²) in [7, 11) is 0. The Bertz CT molecular complexity index is 596. The molecule has 1 fully saturated rings. The summed E-state index contributed by atoms with van der Waals surface area (Å²) in [5.41, 5.74) is -2.70. The van der Waals surface area contributed by atoms with Crippen molar-refractivity contribution in [3.05, 3.63) is 29.6 Å². The summed E-state index contributed by atoms with van der Waals surface area (Å²) in [6.07, 6.45) is -3.54. The van der Waals surface area contributed by atoms with Crippen molar-refractivity contribution in [2.24, 2.45) is 0 Å². The minimum absolute atomic E-state index is 0.148. The van der Waals surface area contributed by atoms with Crippen molar-refractivity contribution < 1.29 is 27.5 Å². The number of hydrogen-bond acceptors (Lipinski definition) is 2. The van der Waals surface area contributed by atoms with Crippen molar-refractivity contribution in [3.63, 3.8) is 0 Å². The van der Waals surface area contributed by atoms with Crippen LogP contribution in [0.2, 0.25) is 0 Å². The zero-order valence-electron chi connectivity index (χ0n) is 12.7. The summed E-state index contributed by atoms with van der Waals surface area (Å²) in [5.74, 6) is -1.40. The predicted octanol–water partition coefficient (Wildman–Crippen LogP) is 3.61. The molecule has 1 saturated heterocycles. The number of carbonyl (C=O) groups is 1. The van der Waals surface area contributed by atoms with Gasteiger partial charge in [0.15, 0.2) is 0 Å². The van der Waals surface area contributed by atoms with E-state index in [9.17, 15) is 27.5 Å². The number of hydrogen-bond donors (Lipinski definition) is 2. The second-order valence-corrected chi connectivity index (χ2v) is 6.13. The van der Waals surface area contributed by atoms with Gasteiger partial charge >= 0.3 is 12.2 Å². The van der Waals surface area contributed by atoms with Crippen LogP contribution in [0.15, 0.2) is 18.2 Å². The number of amides is 2. The molecule has 23 heavy (non-hydrogen) atoms. The van der Waals surface area contributed by atoms with E-state index in [0.29, 0.717) is 31.5 Å². The Kier molecular flexibility index (Phi) is 4.57. The predicted molar refractivity (Wildman–Crippen MR) is 76.4 cm³/mol. The average molecular weight is 334 g/mol. The number of halogens is 4. The van der Waals surface area contributed by atoms with Crippen LogP contribution < -0.4 is 5.32 Å². The van der Waals surface area contributed by atoms with E-state index < -0.39 is 35.2 Å². The Morgan fingerprint density at radius 1 is 1.35 bits per heavy atom. The van der Waals surface area contributed by atoms with Gasteiger partial charge in [0.1, 0.15) is 5.82 Å². The molecule has 1 aliphatic heterocycles. The smallest absolute Gasteiger partial charge is 0.388 e. The second-order valence-electron chi connectivity index (χ2n) is 6.13. The zero-order chi connectivity index (χ0) is 17.4. The maximum atomic E-state index is 13.2. The fraction of sp³-hybridized carbons (Fsp3) is 0.533. The Hall–Kier alpha value is -1.83. The van der Waals surface area contributed by atoms with Crippen molar-refractivity contribution in [1.29, 1.82) is 0 Å².